The highest BCUT2D eigenvalue weighted by Crippen LogP contribution is 2.37. The van der Waals surface area contributed by atoms with Crippen LogP contribution in [-0.2, 0) is 11.0 Å². The van der Waals surface area contributed by atoms with Crippen molar-refractivity contribution in [3.63, 3.8) is 0 Å². The second kappa shape index (κ2) is 13.1. The summed E-state index contributed by atoms with van der Waals surface area (Å²) in [4.78, 5) is 28.8. The fourth-order valence-corrected chi connectivity index (χ4v) is 5.70. The molecule has 40 heavy (non-hydrogen) atoms. The lowest BCUT2D eigenvalue weighted by atomic mass is 9.80. The Morgan fingerprint density at radius 1 is 0.725 bits per heavy atom. The van der Waals surface area contributed by atoms with Gasteiger partial charge in [0.2, 0.25) is 11.6 Å². The average Bonchev–Trinajstić information content (AvgIpc) is 2.93. The van der Waals surface area contributed by atoms with Crippen LogP contribution in [0.3, 0.4) is 0 Å². The highest BCUT2D eigenvalue weighted by molar-refractivity contribution is 7.34. The second-order valence-electron chi connectivity index (χ2n) is 10.9. The number of hydrogen-bond acceptors (Lipinski definition) is 7. The summed E-state index contributed by atoms with van der Waals surface area (Å²) in [6.07, 6.45) is 1.29. The van der Waals surface area contributed by atoms with Gasteiger partial charge in [-0.05, 0) is 66.1 Å². The molecule has 1 unspecified atom stereocenters. The second-order valence-corrected chi connectivity index (χ2v) is 11.5. The van der Waals surface area contributed by atoms with Gasteiger partial charge in [-0.15, -0.1) is 0 Å². The van der Waals surface area contributed by atoms with Gasteiger partial charge in [-0.1, -0.05) is 39.8 Å². The van der Waals surface area contributed by atoms with Gasteiger partial charge in [0.15, 0.2) is 8.46 Å². The van der Waals surface area contributed by atoms with Crippen molar-refractivity contribution in [2.45, 2.75) is 40.5 Å². The van der Waals surface area contributed by atoms with Gasteiger partial charge in [0.1, 0.15) is 34.1 Å². The SMILES string of the molecule is COc1cccc(OC)c1C(=O)c1ccc(P=O)c(CC(C)CC(C)(C)C)c1C(=O)c1c(OC)cccc1OC. The highest BCUT2D eigenvalue weighted by atomic mass is 31.1. The molecule has 0 aliphatic carbocycles. The molecular weight excluding hydrogens is 527 g/mol. The van der Waals surface area contributed by atoms with Crippen LogP contribution in [0.15, 0.2) is 48.5 Å². The van der Waals surface area contributed by atoms with E-state index in [4.69, 9.17) is 18.9 Å². The highest BCUT2D eigenvalue weighted by Gasteiger charge is 2.32. The quantitative estimate of drug-likeness (QED) is 0.178. The summed E-state index contributed by atoms with van der Waals surface area (Å²) in [6.45, 7) is 8.54. The number of ether oxygens (including phenoxy) is 4. The molecule has 0 saturated carbocycles. The predicted molar refractivity (Wildman–Crippen MR) is 157 cm³/mol. The number of rotatable bonds is 12. The van der Waals surface area contributed by atoms with Crippen molar-refractivity contribution >= 4 is 25.3 Å². The first kappa shape index (κ1) is 30.8. The van der Waals surface area contributed by atoms with Gasteiger partial charge in [-0.25, -0.2) is 0 Å². The minimum absolute atomic E-state index is 0.0308. The molecule has 0 amide bonds. The first-order valence-corrected chi connectivity index (χ1v) is 13.8. The van der Waals surface area contributed by atoms with Crippen LogP contribution < -0.4 is 24.3 Å². The summed E-state index contributed by atoms with van der Waals surface area (Å²) in [6, 6.07) is 13.3. The minimum atomic E-state index is -0.463. The van der Waals surface area contributed by atoms with Gasteiger partial charge >= 0.3 is 0 Å². The normalized spacial score (nSPS) is 12.1. The molecule has 0 heterocycles. The molecular formula is C32H37O7P. The van der Waals surface area contributed by atoms with Crippen LogP contribution in [0.2, 0.25) is 0 Å². The van der Waals surface area contributed by atoms with E-state index in [9.17, 15) is 14.2 Å². The van der Waals surface area contributed by atoms with Gasteiger partial charge in [-0.2, -0.15) is 0 Å². The van der Waals surface area contributed by atoms with E-state index >= 15 is 0 Å². The number of benzene rings is 3. The standard InChI is InChI=1S/C32H37O7P/c1-19(18-32(2,3)4)17-21-26(40-35)16-15-20(30(33)28-22(36-5)11-9-12-23(28)37-6)27(21)31(34)29-24(38-7)13-10-14-25(29)39-8/h9-16,19H,17-18H2,1-8H3. The molecule has 0 fully saturated rings. The summed E-state index contributed by atoms with van der Waals surface area (Å²) in [5, 5.41) is 0.446. The maximum atomic E-state index is 14.5. The lowest BCUT2D eigenvalue weighted by Crippen LogP contribution is -2.23. The summed E-state index contributed by atoms with van der Waals surface area (Å²) in [5.41, 5.74) is 1.25. The fourth-order valence-electron chi connectivity index (χ4n) is 5.25. The molecule has 7 nitrogen and oxygen atoms in total. The van der Waals surface area contributed by atoms with Crippen LogP contribution in [-0.4, -0.2) is 40.0 Å². The van der Waals surface area contributed by atoms with Crippen molar-refractivity contribution in [2.24, 2.45) is 11.3 Å². The van der Waals surface area contributed by atoms with E-state index < -0.39 is 11.6 Å². The van der Waals surface area contributed by atoms with E-state index in [0.29, 0.717) is 40.3 Å². The molecule has 0 saturated heterocycles. The average molecular weight is 565 g/mol. The monoisotopic (exact) mass is 564 g/mol. The summed E-state index contributed by atoms with van der Waals surface area (Å²) >= 11 is 0. The van der Waals surface area contributed by atoms with Gasteiger partial charge < -0.3 is 18.9 Å². The fraction of sp³-hybridized carbons (Fsp3) is 0.375. The van der Waals surface area contributed by atoms with Crippen LogP contribution in [0.4, 0.5) is 0 Å². The predicted octanol–water partition coefficient (Wildman–Crippen LogP) is 6.71. The van der Waals surface area contributed by atoms with Crippen molar-refractivity contribution in [1.82, 2.24) is 0 Å². The van der Waals surface area contributed by atoms with E-state index in [1.807, 2.05) is 0 Å². The number of methoxy groups -OCH3 is 4. The number of hydrogen-bond donors (Lipinski definition) is 0. The maximum Gasteiger partial charge on any atom is 0.201 e. The number of carbonyl (C=O) groups is 2. The molecule has 3 rings (SSSR count). The molecule has 0 aliphatic heterocycles. The third kappa shape index (κ3) is 6.53. The lowest BCUT2D eigenvalue weighted by Gasteiger charge is -2.25. The topological polar surface area (TPSA) is 88.1 Å². The van der Waals surface area contributed by atoms with E-state index in [1.165, 1.54) is 28.4 Å². The van der Waals surface area contributed by atoms with Crippen LogP contribution in [0, 0.1) is 11.3 Å². The van der Waals surface area contributed by atoms with Crippen LogP contribution >= 0.6 is 8.46 Å². The molecule has 0 spiro atoms. The first-order chi connectivity index (χ1) is 19.0. The number of carbonyl (C=O) groups excluding carboxylic acids is 2. The van der Waals surface area contributed by atoms with E-state index in [0.717, 1.165) is 6.42 Å². The molecule has 1 atom stereocenters. The third-order valence-corrected chi connectivity index (χ3v) is 7.30. The summed E-state index contributed by atoms with van der Waals surface area (Å²) in [7, 11) is 5.62. The van der Waals surface area contributed by atoms with Crippen molar-refractivity contribution in [3.05, 3.63) is 76.3 Å². The number of ketones is 2. The molecule has 0 bridgehead atoms. The Hall–Kier alpha value is -3.70. The van der Waals surface area contributed by atoms with Gasteiger partial charge in [0.25, 0.3) is 0 Å². The van der Waals surface area contributed by atoms with Crippen LogP contribution in [0.25, 0.3) is 0 Å². The Bertz CT molecular complexity index is 1360. The Kier molecular flexibility index (Phi) is 10.1. The van der Waals surface area contributed by atoms with Gasteiger partial charge in [0.05, 0.1) is 28.4 Å². The zero-order valence-corrected chi connectivity index (χ0v) is 25.3. The maximum absolute atomic E-state index is 14.5. The largest absolute Gasteiger partial charge is 0.496 e. The van der Waals surface area contributed by atoms with Gasteiger partial charge in [0, 0.05) is 16.4 Å². The molecule has 0 aliphatic rings. The molecule has 0 aromatic heterocycles. The Labute approximate surface area is 238 Å². The van der Waals surface area contributed by atoms with E-state index in [-0.39, 0.29) is 42.0 Å². The van der Waals surface area contributed by atoms with Crippen molar-refractivity contribution in [3.8, 4) is 23.0 Å². The zero-order chi connectivity index (χ0) is 29.6. The molecule has 0 N–H and O–H groups in total. The Morgan fingerprint density at radius 3 is 1.57 bits per heavy atom. The smallest absolute Gasteiger partial charge is 0.201 e. The first-order valence-electron chi connectivity index (χ1n) is 13.0. The lowest BCUT2D eigenvalue weighted by molar-refractivity contribution is 0.0996. The van der Waals surface area contributed by atoms with Gasteiger partial charge in [-0.3, -0.25) is 14.2 Å². The molecule has 8 heteroatoms. The van der Waals surface area contributed by atoms with E-state index in [1.54, 1.807) is 48.5 Å². The third-order valence-electron chi connectivity index (χ3n) is 6.68. The Morgan fingerprint density at radius 2 is 1.18 bits per heavy atom. The molecule has 212 valence electrons. The van der Waals surface area contributed by atoms with E-state index in [2.05, 4.69) is 27.7 Å². The van der Waals surface area contributed by atoms with Crippen molar-refractivity contribution in [2.75, 3.05) is 28.4 Å². The molecule has 0 radical (unpaired) electrons. The zero-order valence-electron chi connectivity index (χ0n) is 24.4. The van der Waals surface area contributed by atoms with Crippen molar-refractivity contribution < 1.29 is 33.1 Å². The molecule has 3 aromatic carbocycles. The molecule has 3 aromatic rings. The van der Waals surface area contributed by atoms with Crippen LogP contribution in [0.1, 0.15) is 71.5 Å². The Balaban J connectivity index is 2.40. The minimum Gasteiger partial charge on any atom is -0.496 e. The summed E-state index contributed by atoms with van der Waals surface area (Å²) < 4.78 is 34.5. The summed E-state index contributed by atoms with van der Waals surface area (Å²) in [5.74, 6) is 0.434. The van der Waals surface area contributed by atoms with Crippen molar-refractivity contribution in [1.29, 1.82) is 0 Å². The van der Waals surface area contributed by atoms with Crippen LogP contribution in [0.5, 0.6) is 23.0 Å².